The molecule has 6 heterocycles. The van der Waals surface area contributed by atoms with Crippen molar-refractivity contribution in [2.24, 2.45) is 0 Å². The maximum Gasteiger partial charge on any atom is 0.417 e. The molecule has 11 heteroatoms. The molecular weight excluding hydrogens is 1150 g/mol. The highest BCUT2D eigenvalue weighted by molar-refractivity contribution is 6.15. The summed E-state index contributed by atoms with van der Waals surface area (Å²) in [6.45, 7) is 0. The highest BCUT2D eigenvalue weighted by Crippen LogP contribution is 2.48. The summed E-state index contributed by atoms with van der Waals surface area (Å²) in [4.78, 5) is 19.6. The molecule has 0 spiro atoms. The Hall–Kier alpha value is -12.0. The molecule has 0 aliphatic heterocycles. The van der Waals surface area contributed by atoms with Gasteiger partial charge in [0.25, 0.3) is 0 Å². The molecule has 0 N–H and O–H groups in total. The molecular formula is C81H49F5N6. The molecule has 0 atom stereocenters. The van der Waals surface area contributed by atoms with Crippen molar-refractivity contribution in [2.75, 3.05) is 0 Å². The van der Waals surface area contributed by atoms with Crippen molar-refractivity contribution in [3.8, 4) is 112 Å². The van der Waals surface area contributed by atoms with Crippen molar-refractivity contribution in [1.29, 1.82) is 0 Å². The van der Waals surface area contributed by atoms with Crippen molar-refractivity contribution < 1.29 is 22.0 Å². The average Bonchev–Trinajstić information content (AvgIpc) is 1.56. The van der Waals surface area contributed by atoms with Gasteiger partial charge < -0.3 is 9.13 Å². The summed E-state index contributed by atoms with van der Waals surface area (Å²) in [6.07, 6.45) is 2.04. The Bertz CT molecular complexity index is 5230. The Morgan fingerprint density at radius 1 is 0.250 bits per heavy atom. The maximum absolute atomic E-state index is 16.5. The van der Waals surface area contributed by atoms with Crippen LogP contribution in [0.5, 0.6) is 0 Å². The van der Waals surface area contributed by atoms with E-state index < -0.39 is 28.9 Å². The van der Waals surface area contributed by atoms with Crippen LogP contribution in [0.25, 0.3) is 156 Å². The van der Waals surface area contributed by atoms with Gasteiger partial charge in [0.15, 0.2) is 0 Å². The molecule has 0 saturated carbocycles. The van der Waals surface area contributed by atoms with E-state index in [0.717, 1.165) is 129 Å². The smallest absolute Gasteiger partial charge is 0.307 e. The van der Waals surface area contributed by atoms with Crippen LogP contribution < -0.4 is 0 Å². The van der Waals surface area contributed by atoms with E-state index in [1.165, 1.54) is 6.07 Å². The van der Waals surface area contributed by atoms with Crippen LogP contribution in [0, 0.1) is 11.6 Å². The molecule has 0 radical (unpaired) electrons. The van der Waals surface area contributed by atoms with E-state index in [1.54, 1.807) is 24.8 Å². The number of nitrogens with zero attached hydrogens (tertiary/aromatic N) is 6. The minimum Gasteiger partial charge on any atom is -0.307 e. The Morgan fingerprint density at radius 2 is 0.543 bits per heavy atom. The van der Waals surface area contributed by atoms with Gasteiger partial charge in [-0.25, -0.2) is 8.78 Å². The number of benzene rings is 10. The van der Waals surface area contributed by atoms with Crippen molar-refractivity contribution in [3.63, 3.8) is 0 Å². The first kappa shape index (κ1) is 55.4. The van der Waals surface area contributed by atoms with Crippen molar-refractivity contribution in [1.82, 2.24) is 29.1 Å². The molecule has 92 heavy (non-hydrogen) atoms. The lowest BCUT2D eigenvalue weighted by Gasteiger charge is -2.22. The first-order chi connectivity index (χ1) is 45.1. The van der Waals surface area contributed by atoms with Gasteiger partial charge in [0.05, 0.1) is 61.8 Å². The molecule has 16 rings (SSSR count). The summed E-state index contributed by atoms with van der Waals surface area (Å²) in [5, 5.41) is 3.06. The molecule has 0 amide bonds. The molecule has 0 unspecified atom stereocenters. The van der Waals surface area contributed by atoms with Crippen LogP contribution >= 0.6 is 0 Å². The van der Waals surface area contributed by atoms with E-state index in [2.05, 4.69) is 24.3 Å². The maximum atomic E-state index is 16.5. The quantitative estimate of drug-likeness (QED) is 0.121. The number of hydrogen-bond donors (Lipinski definition) is 0. The second-order valence-corrected chi connectivity index (χ2v) is 22.7. The van der Waals surface area contributed by atoms with Gasteiger partial charge in [0.2, 0.25) is 0 Å². The summed E-state index contributed by atoms with van der Waals surface area (Å²) in [7, 11) is 0. The van der Waals surface area contributed by atoms with Gasteiger partial charge in [-0.05, 0) is 130 Å². The number of halogens is 5. The topological polar surface area (TPSA) is 61.4 Å². The molecule has 438 valence electrons. The van der Waals surface area contributed by atoms with Crippen molar-refractivity contribution in [3.05, 3.63) is 315 Å². The molecule has 6 nitrogen and oxygen atoms in total. The zero-order chi connectivity index (χ0) is 62.0. The van der Waals surface area contributed by atoms with Gasteiger partial charge in [-0.3, -0.25) is 19.9 Å². The van der Waals surface area contributed by atoms with E-state index in [-0.39, 0.29) is 11.3 Å². The van der Waals surface area contributed by atoms with Gasteiger partial charge in [0, 0.05) is 96.9 Å². The standard InChI is InChI=1S/C81H49F5N6/c82-59-41-58(42-60(83)47-59)65-48-75(91-71-33-29-54(61-25-13-37-87-77(61)50-17-5-1-6-18-50)43-66(71)67-44-55(30-34-72(67)91)62-26-14-38-88-78(62)51-19-7-2-8-20-51)76(49-70(65)81(84,85)86)92-73-35-31-56(63-27-15-39-89-79(63)52-21-9-3-10-22-52)45-68(73)69-46-57(32-36-74(69)92)64-28-16-40-90-80(64)53-23-11-4-12-24-53/h1-49H. The van der Waals surface area contributed by atoms with Crippen LogP contribution in [-0.2, 0) is 6.18 Å². The van der Waals surface area contributed by atoms with E-state index in [1.807, 2.05) is 228 Å². The van der Waals surface area contributed by atoms with Crippen LogP contribution in [-0.4, -0.2) is 29.1 Å². The molecule has 0 bridgehead atoms. The fourth-order valence-electron chi connectivity index (χ4n) is 13.2. The number of fused-ring (bicyclic) bond motifs is 6. The number of hydrogen-bond acceptors (Lipinski definition) is 4. The van der Waals surface area contributed by atoms with E-state index in [0.29, 0.717) is 33.8 Å². The predicted octanol–water partition coefficient (Wildman–Crippen LogP) is 21.8. The third kappa shape index (κ3) is 9.75. The van der Waals surface area contributed by atoms with Gasteiger partial charge in [-0.1, -0.05) is 170 Å². The molecule has 0 fully saturated rings. The van der Waals surface area contributed by atoms with Crippen LogP contribution in [0.15, 0.2) is 298 Å². The molecule has 0 aliphatic carbocycles. The number of aromatic nitrogens is 6. The van der Waals surface area contributed by atoms with Crippen LogP contribution in [0.2, 0.25) is 0 Å². The van der Waals surface area contributed by atoms with E-state index >= 15 is 22.0 Å². The minimum absolute atomic E-state index is 0.153. The van der Waals surface area contributed by atoms with Gasteiger partial charge >= 0.3 is 6.18 Å². The lowest BCUT2D eigenvalue weighted by Crippen LogP contribution is -2.12. The number of alkyl halides is 3. The average molecular weight is 1200 g/mol. The fraction of sp³-hybridized carbons (Fsp3) is 0.0123. The second kappa shape index (κ2) is 22.6. The molecule has 0 aliphatic rings. The zero-order valence-electron chi connectivity index (χ0n) is 48.9. The fourth-order valence-corrected chi connectivity index (χ4v) is 13.2. The first-order valence-electron chi connectivity index (χ1n) is 30.0. The highest BCUT2D eigenvalue weighted by Gasteiger charge is 2.37. The molecule has 16 aromatic rings. The third-order valence-corrected chi connectivity index (χ3v) is 17.3. The highest BCUT2D eigenvalue weighted by atomic mass is 19.4. The summed E-state index contributed by atoms with van der Waals surface area (Å²) in [5.41, 5.74) is 14.8. The Labute approximate surface area is 525 Å². The molecule has 6 aromatic heterocycles. The van der Waals surface area contributed by atoms with Crippen molar-refractivity contribution >= 4 is 43.6 Å². The summed E-state index contributed by atoms with van der Waals surface area (Å²) in [5.74, 6) is -2.04. The summed E-state index contributed by atoms with van der Waals surface area (Å²) in [6, 6.07) is 84.9. The number of pyridine rings is 4. The predicted molar refractivity (Wildman–Crippen MR) is 360 cm³/mol. The largest absolute Gasteiger partial charge is 0.417 e. The molecule has 10 aromatic carbocycles. The SMILES string of the molecule is Fc1cc(F)cc(-c2cc(-n3c4ccc(-c5cccnc5-c5ccccc5)cc4c4cc(-c5cccnc5-c5ccccc5)ccc43)c(-n3c4ccc(-c5cccnc5-c5ccccc5)cc4c4cc(-c5cccnc5-c5ccccc5)ccc43)cc2C(F)(F)F)c1. The monoisotopic (exact) mass is 1200 g/mol. The Morgan fingerprint density at radius 3 is 0.837 bits per heavy atom. The van der Waals surface area contributed by atoms with Gasteiger partial charge in [-0.2, -0.15) is 13.2 Å². The van der Waals surface area contributed by atoms with E-state index in [9.17, 15) is 0 Å². The van der Waals surface area contributed by atoms with Crippen LogP contribution in [0.3, 0.4) is 0 Å². The Kier molecular flexibility index (Phi) is 13.6. The van der Waals surface area contributed by atoms with Gasteiger partial charge in [-0.15, -0.1) is 0 Å². The van der Waals surface area contributed by atoms with E-state index in [4.69, 9.17) is 19.9 Å². The minimum atomic E-state index is -5.03. The van der Waals surface area contributed by atoms with Crippen LogP contribution in [0.1, 0.15) is 5.56 Å². The van der Waals surface area contributed by atoms with Crippen LogP contribution in [0.4, 0.5) is 22.0 Å². The first-order valence-corrected chi connectivity index (χ1v) is 30.0. The summed E-state index contributed by atoms with van der Waals surface area (Å²) >= 11 is 0. The Balaban J connectivity index is 1.02. The molecule has 0 saturated heterocycles. The van der Waals surface area contributed by atoms with Gasteiger partial charge in [0.1, 0.15) is 11.6 Å². The third-order valence-electron chi connectivity index (χ3n) is 17.3. The zero-order valence-corrected chi connectivity index (χ0v) is 48.9. The number of rotatable bonds is 11. The van der Waals surface area contributed by atoms with Crippen molar-refractivity contribution in [2.45, 2.75) is 6.18 Å². The summed E-state index contributed by atoms with van der Waals surface area (Å²) < 4.78 is 84.6. The lowest BCUT2D eigenvalue weighted by atomic mass is 9.96. The second-order valence-electron chi connectivity index (χ2n) is 22.7. The lowest BCUT2D eigenvalue weighted by molar-refractivity contribution is -0.137. The normalized spacial score (nSPS) is 11.8.